The van der Waals surface area contributed by atoms with Crippen molar-refractivity contribution in [2.45, 2.75) is 19.3 Å². The standard InChI is InChI=1S/C11H11F/c1-11(2)7-10(12)8-5-3-4-6-9(8)11/h3-7H,1-2H3. The average Bonchev–Trinajstić information content (AvgIpc) is 2.25. The number of hydrogen-bond acceptors (Lipinski definition) is 0. The number of benzene rings is 1. The van der Waals surface area contributed by atoms with Gasteiger partial charge in [-0.3, -0.25) is 0 Å². The summed E-state index contributed by atoms with van der Waals surface area (Å²) < 4.78 is 13.3. The Morgan fingerprint density at radius 2 is 1.83 bits per heavy atom. The lowest BCUT2D eigenvalue weighted by molar-refractivity contribution is 0.677. The maximum absolute atomic E-state index is 13.3. The van der Waals surface area contributed by atoms with Crippen LogP contribution in [0.3, 0.4) is 0 Å². The third-order valence-electron chi connectivity index (χ3n) is 2.37. The van der Waals surface area contributed by atoms with E-state index in [2.05, 4.69) is 0 Å². The van der Waals surface area contributed by atoms with Crippen molar-refractivity contribution in [3.8, 4) is 0 Å². The quantitative estimate of drug-likeness (QED) is 0.549. The highest BCUT2D eigenvalue weighted by Crippen LogP contribution is 2.40. The van der Waals surface area contributed by atoms with Crippen LogP contribution in [0, 0.1) is 0 Å². The zero-order chi connectivity index (χ0) is 8.77. The molecule has 0 heterocycles. The Balaban J connectivity index is 2.68. The minimum Gasteiger partial charge on any atom is -0.207 e. The second-order valence-corrected chi connectivity index (χ2v) is 3.76. The monoisotopic (exact) mass is 162 g/mol. The van der Waals surface area contributed by atoms with Crippen LogP contribution in [0.1, 0.15) is 25.0 Å². The van der Waals surface area contributed by atoms with E-state index in [0.717, 1.165) is 11.1 Å². The third-order valence-corrected chi connectivity index (χ3v) is 2.37. The van der Waals surface area contributed by atoms with E-state index in [1.165, 1.54) is 0 Å². The van der Waals surface area contributed by atoms with Gasteiger partial charge in [0.15, 0.2) is 0 Å². The Bertz CT molecular complexity index is 348. The fourth-order valence-electron chi connectivity index (χ4n) is 1.73. The van der Waals surface area contributed by atoms with Crippen LogP contribution in [0.2, 0.25) is 0 Å². The molecular formula is C11H11F. The molecule has 0 fully saturated rings. The molecule has 1 aromatic rings. The lowest BCUT2D eigenvalue weighted by atomic mass is 9.87. The molecule has 0 aromatic heterocycles. The lowest BCUT2D eigenvalue weighted by Crippen LogP contribution is -2.10. The topological polar surface area (TPSA) is 0 Å². The van der Waals surface area contributed by atoms with Gasteiger partial charge in [-0.2, -0.15) is 0 Å². The molecule has 0 aliphatic heterocycles. The molecule has 0 saturated carbocycles. The molecule has 0 amide bonds. The van der Waals surface area contributed by atoms with Crippen LogP contribution in [-0.2, 0) is 5.41 Å². The predicted octanol–water partition coefficient (Wildman–Crippen LogP) is 3.29. The molecule has 0 saturated heterocycles. The zero-order valence-corrected chi connectivity index (χ0v) is 7.26. The Morgan fingerprint density at radius 1 is 1.17 bits per heavy atom. The molecule has 1 aliphatic carbocycles. The van der Waals surface area contributed by atoms with Crippen LogP contribution < -0.4 is 0 Å². The van der Waals surface area contributed by atoms with Gasteiger partial charge in [0, 0.05) is 11.0 Å². The summed E-state index contributed by atoms with van der Waals surface area (Å²) in [6.45, 7) is 4.05. The Kier molecular flexibility index (Phi) is 1.38. The van der Waals surface area contributed by atoms with Crippen LogP contribution >= 0.6 is 0 Å². The largest absolute Gasteiger partial charge is 0.207 e. The Hall–Kier alpha value is -1.11. The van der Waals surface area contributed by atoms with E-state index >= 15 is 0 Å². The van der Waals surface area contributed by atoms with Crippen LogP contribution in [0.25, 0.3) is 5.83 Å². The molecule has 0 N–H and O–H groups in total. The first-order valence-corrected chi connectivity index (χ1v) is 4.09. The van der Waals surface area contributed by atoms with E-state index in [0.29, 0.717) is 0 Å². The molecule has 62 valence electrons. The van der Waals surface area contributed by atoms with Crippen molar-refractivity contribution in [1.82, 2.24) is 0 Å². The number of hydrogen-bond donors (Lipinski definition) is 0. The second-order valence-electron chi connectivity index (χ2n) is 3.76. The van der Waals surface area contributed by atoms with Crippen molar-refractivity contribution in [1.29, 1.82) is 0 Å². The molecule has 0 unspecified atom stereocenters. The first kappa shape index (κ1) is 7.53. The van der Waals surface area contributed by atoms with Crippen molar-refractivity contribution in [3.05, 3.63) is 41.5 Å². The van der Waals surface area contributed by atoms with E-state index in [1.807, 2.05) is 38.1 Å². The molecule has 1 aromatic carbocycles. The van der Waals surface area contributed by atoms with E-state index in [9.17, 15) is 4.39 Å². The van der Waals surface area contributed by atoms with Gasteiger partial charge >= 0.3 is 0 Å². The van der Waals surface area contributed by atoms with Gasteiger partial charge in [-0.05, 0) is 11.6 Å². The molecule has 0 radical (unpaired) electrons. The molecule has 0 atom stereocenters. The maximum atomic E-state index is 13.3. The number of fused-ring (bicyclic) bond motifs is 1. The van der Waals surface area contributed by atoms with Gasteiger partial charge < -0.3 is 0 Å². The first-order valence-electron chi connectivity index (χ1n) is 4.09. The minimum atomic E-state index is -0.138. The smallest absolute Gasteiger partial charge is 0.127 e. The van der Waals surface area contributed by atoms with Crippen LogP contribution in [0.5, 0.6) is 0 Å². The summed E-state index contributed by atoms with van der Waals surface area (Å²) in [7, 11) is 0. The highest BCUT2D eigenvalue weighted by Gasteiger charge is 2.29. The van der Waals surface area contributed by atoms with Gasteiger partial charge in [0.1, 0.15) is 5.83 Å². The predicted molar refractivity (Wildman–Crippen MR) is 48.6 cm³/mol. The highest BCUT2D eigenvalue weighted by molar-refractivity contribution is 5.71. The summed E-state index contributed by atoms with van der Waals surface area (Å²) in [6.07, 6.45) is 1.68. The molecule has 0 nitrogen and oxygen atoms in total. The van der Waals surface area contributed by atoms with Gasteiger partial charge in [-0.1, -0.05) is 38.1 Å². The van der Waals surface area contributed by atoms with Crippen LogP contribution in [0.15, 0.2) is 30.3 Å². The third kappa shape index (κ3) is 0.893. The van der Waals surface area contributed by atoms with Crippen molar-refractivity contribution >= 4 is 5.83 Å². The van der Waals surface area contributed by atoms with Gasteiger partial charge in [0.25, 0.3) is 0 Å². The van der Waals surface area contributed by atoms with Crippen LogP contribution in [-0.4, -0.2) is 0 Å². The first-order chi connectivity index (χ1) is 5.61. The van der Waals surface area contributed by atoms with E-state index in [-0.39, 0.29) is 11.2 Å². The average molecular weight is 162 g/mol. The molecule has 2 rings (SSSR count). The molecule has 0 bridgehead atoms. The molecule has 1 heteroatoms. The van der Waals surface area contributed by atoms with Crippen molar-refractivity contribution in [2.24, 2.45) is 0 Å². The normalized spacial score (nSPS) is 18.8. The second kappa shape index (κ2) is 2.19. The Labute approximate surface area is 71.7 Å². The molecule has 0 spiro atoms. The maximum Gasteiger partial charge on any atom is 0.127 e. The molecule has 1 aliphatic rings. The number of allylic oxidation sites excluding steroid dienone is 1. The number of halogens is 1. The van der Waals surface area contributed by atoms with Crippen molar-refractivity contribution in [3.63, 3.8) is 0 Å². The molecular weight excluding hydrogens is 151 g/mol. The Morgan fingerprint density at radius 3 is 2.50 bits per heavy atom. The van der Waals surface area contributed by atoms with E-state index < -0.39 is 0 Å². The number of rotatable bonds is 0. The van der Waals surface area contributed by atoms with Crippen molar-refractivity contribution < 1.29 is 4.39 Å². The van der Waals surface area contributed by atoms with Gasteiger partial charge in [-0.15, -0.1) is 0 Å². The van der Waals surface area contributed by atoms with Gasteiger partial charge in [0.05, 0.1) is 0 Å². The SMILES string of the molecule is CC1(C)C=C(F)c2ccccc21. The highest BCUT2D eigenvalue weighted by atomic mass is 19.1. The van der Waals surface area contributed by atoms with Gasteiger partial charge in [-0.25, -0.2) is 4.39 Å². The lowest BCUT2D eigenvalue weighted by Gasteiger charge is -2.16. The summed E-state index contributed by atoms with van der Waals surface area (Å²) in [5, 5.41) is 0. The zero-order valence-electron chi connectivity index (χ0n) is 7.26. The van der Waals surface area contributed by atoms with E-state index in [1.54, 1.807) is 6.08 Å². The van der Waals surface area contributed by atoms with Crippen LogP contribution in [0.4, 0.5) is 4.39 Å². The summed E-state index contributed by atoms with van der Waals surface area (Å²) in [5.74, 6) is -0.0874. The summed E-state index contributed by atoms with van der Waals surface area (Å²) in [4.78, 5) is 0. The molecule has 12 heavy (non-hydrogen) atoms. The minimum absolute atomic E-state index is 0.0874. The summed E-state index contributed by atoms with van der Waals surface area (Å²) in [5.41, 5.74) is 1.70. The summed E-state index contributed by atoms with van der Waals surface area (Å²) in [6, 6.07) is 7.63. The van der Waals surface area contributed by atoms with E-state index in [4.69, 9.17) is 0 Å². The van der Waals surface area contributed by atoms with Gasteiger partial charge in [0.2, 0.25) is 0 Å². The summed E-state index contributed by atoms with van der Waals surface area (Å²) >= 11 is 0. The fraction of sp³-hybridized carbons (Fsp3) is 0.273. The fourth-order valence-corrected chi connectivity index (χ4v) is 1.73. The van der Waals surface area contributed by atoms with Crippen molar-refractivity contribution in [2.75, 3.05) is 0 Å².